The van der Waals surface area contributed by atoms with Gasteiger partial charge in [-0.3, -0.25) is 0 Å². The molecule has 0 unspecified atom stereocenters. The van der Waals surface area contributed by atoms with E-state index >= 15 is 0 Å². The monoisotopic (exact) mass is 284 g/mol. The van der Waals surface area contributed by atoms with Crippen LogP contribution in [0.25, 0.3) is 11.3 Å². The maximum absolute atomic E-state index is 11.6. The number of nitrogens with zero attached hydrogens (tertiary/aromatic N) is 2. The van der Waals surface area contributed by atoms with Crippen molar-refractivity contribution in [3.63, 3.8) is 0 Å². The van der Waals surface area contributed by atoms with E-state index in [0.29, 0.717) is 11.4 Å². The maximum atomic E-state index is 11.6. The summed E-state index contributed by atoms with van der Waals surface area (Å²) in [5.74, 6) is 0. The van der Waals surface area contributed by atoms with Crippen molar-refractivity contribution >= 4 is 27.3 Å². The summed E-state index contributed by atoms with van der Waals surface area (Å²) < 4.78 is 23.1. The van der Waals surface area contributed by atoms with Crippen LogP contribution in [0.4, 0.5) is 5.69 Å². The molecule has 8 heteroatoms. The molecule has 0 atom stereocenters. The van der Waals surface area contributed by atoms with E-state index in [9.17, 15) is 8.42 Å². The van der Waals surface area contributed by atoms with Crippen LogP contribution in [-0.2, 0) is 10.0 Å². The molecule has 0 saturated heterocycles. The summed E-state index contributed by atoms with van der Waals surface area (Å²) in [6.45, 7) is 0. The van der Waals surface area contributed by atoms with E-state index in [1.54, 1.807) is 12.1 Å². The van der Waals surface area contributed by atoms with Crippen LogP contribution in [-0.4, -0.2) is 18.6 Å². The average molecular weight is 285 g/mol. The predicted octanol–water partition coefficient (Wildman–Crippen LogP) is 1.03. The molecule has 1 aromatic carbocycles. The summed E-state index contributed by atoms with van der Waals surface area (Å²) >= 11 is 5.88. The van der Waals surface area contributed by atoms with Gasteiger partial charge in [-0.05, 0) is 24.3 Å². The lowest BCUT2D eigenvalue weighted by Crippen LogP contribution is -2.14. The molecule has 18 heavy (non-hydrogen) atoms. The summed E-state index contributed by atoms with van der Waals surface area (Å²) in [6.07, 6.45) is 1.47. The molecule has 4 N–H and O–H groups in total. The number of anilines is 1. The molecular formula is C10H9ClN4O2S. The number of sulfonamides is 1. The fourth-order valence-corrected chi connectivity index (χ4v) is 2.89. The van der Waals surface area contributed by atoms with Crippen molar-refractivity contribution in [2.24, 2.45) is 5.14 Å². The number of halogens is 1. The molecule has 0 spiro atoms. The standard InChI is InChI=1S/C10H9ClN4O2S/c11-8-5-6(12)4-7(10(8)18(13,16)17)9-2-1-3-14-15-9/h1-5H,12H2,(H2,13,16,17). The van der Waals surface area contributed by atoms with Gasteiger partial charge in [0.1, 0.15) is 4.90 Å². The number of nitrogen functional groups attached to an aromatic ring is 1. The Morgan fingerprint density at radius 3 is 2.56 bits per heavy atom. The van der Waals surface area contributed by atoms with E-state index in [-0.39, 0.29) is 15.5 Å². The highest BCUT2D eigenvalue weighted by molar-refractivity contribution is 7.89. The normalized spacial score (nSPS) is 11.4. The summed E-state index contributed by atoms with van der Waals surface area (Å²) in [5.41, 5.74) is 6.52. The minimum Gasteiger partial charge on any atom is -0.399 e. The molecule has 0 fully saturated rings. The molecule has 0 aliphatic rings. The molecule has 1 aromatic heterocycles. The second-order valence-corrected chi connectivity index (χ2v) is 5.44. The number of rotatable bonds is 2. The van der Waals surface area contributed by atoms with Gasteiger partial charge in [0.05, 0.1) is 10.7 Å². The third-order valence-corrected chi connectivity index (χ3v) is 3.62. The molecule has 1 heterocycles. The van der Waals surface area contributed by atoms with Crippen molar-refractivity contribution < 1.29 is 8.42 Å². The highest BCUT2D eigenvalue weighted by Crippen LogP contribution is 2.33. The van der Waals surface area contributed by atoms with E-state index in [4.69, 9.17) is 22.5 Å². The first-order valence-corrected chi connectivity index (χ1v) is 6.72. The molecule has 0 aliphatic carbocycles. The molecule has 0 radical (unpaired) electrons. The molecular weight excluding hydrogens is 276 g/mol. The van der Waals surface area contributed by atoms with Crippen molar-refractivity contribution in [2.45, 2.75) is 4.90 Å². The molecule has 0 amide bonds. The van der Waals surface area contributed by atoms with Crippen molar-refractivity contribution in [3.8, 4) is 11.3 Å². The molecule has 0 saturated carbocycles. The number of hydrogen-bond donors (Lipinski definition) is 2. The minimum atomic E-state index is -3.98. The summed E-state index contributed by atoms with van der Waals surface area (Å²) in [6, 6.07) is 5.97. The lowest BCUT2D eigenvalue weighted by atomic mass is 10.1. The average Bonchev–Trinajstić information content (AvgIpc) is 2.27. The van der Waals surface area contributed by atoms with E-state index in [1.807, 2.05) is 0 Å². The number of hydrogen-bond acceptors (Lipinski definition) is 5. The maximum Gasteiger partial charge on any atom is 0.240 e. The predicted molar refractivity (Wildman–Crippen MR) is 68.3 cm³/mol. The first-order chi connectivity index (χ1) is 8.39. The van der Waals surface area contributed by atoms with Crippen LogP contribution >= 0.6 is 11.6 Å². The van der Waals surface area contributed by atoms with E-state index in [0.717, 1.165) is 0 Å². The third kappa shape index (κ3) is 2.42. The fraction of sp³-hybridized carbons (Fsp3) is 0. The second kappa shape index (κ2) is 4.52. The molecule has 6 nitrogen and oxygen atoms in total. The first-order valence-electron chi connectivity index (χ1n) is 4.79. The van der Waals surface area contributed by atoms with Crippen LogP contribution in [0.15, 0.2) is 35.4 Å². The summed E-state index contributed by atoms with van der Waals surface area (Å²) in [5, 5.41) is 12.6. The Hall–Kier alpha value is -1.70. The van der Waals surface area contributed by atoms with Gasteiger partial charge in [-0.2, -0.15) is 10.2 Å². The fourth-order valence-electron chi connectivity index (χ4n) is 1.54. The van der Waals surface area contributed by atoms with Crippen molar-refractivity contribution in [3.05, 3.63) is 35.5 Å². The van der Waals surface area contributed by atoms with Crippen LogP contribution in [0.1, 0.15) is 0 Å². The first kappa shape index (κ1) is 12.7. The zero-order valence-electron chi connectivity index (χ0n) is 9.04. The van der Waals surface area contributed by atoms with Gasteiger partial charge in [-0.1, -0.05) is 11.6 Å². The second-order valence-electron chi connectivity index (χ2n) is 3.53. The third-order valence-electron chi connectivity index (χ3n) is 2.20. The SMILES string of the molecule is Nc1cc(Cl)c(S(N)(=O)=O)c(-c2cccnn2)c1. The number of aromatic nitrogens is 2. The van der Waals surface area contributed by atoms with Gasteiger partial charge in [-0.15, -0.1) is 0 Å². The van der Waals surface area contributed by atoms with E-state index in [2.05, 4.69) is 10.2 Å². The lowest BCUT2D eigenvalue weighted by molar-refractivity contribution is 0.598. The van der Waals surface area contributed by atoms with Gasteiger partial charge >= 0.3 is 0 Å². The summed E-state index contributed by atoms with van der Waals surface area (Å²) in [4.78, 5) is -0.209. The quantitative estimate of drug-likeness (QED) is 0.800. The topological polar surface area (TPSA) is 112 Å². The van der Waals surface area contributed by atoms with Crippen LogP contribution < -0.4 is 10.9 Å². The molecule has 94 valence electrons. The highest BCUT2D eigenvalue weighted by atomic mass is 35.5. The Balaban J connectivity index is 2.82. The number of benzene rings is 1. The molecule has 0 aliphatic heterocycles. The minimum absolute atomic E-state index is 0.0434. The Kier molecular flexibility index (Phi) is 3.20. The Labute approximate surface area is 109 Å². The molecule has 2 aromatic rings. The lowest BCUT2D eigenvalue weighted by Gasteiger charge is -2.09. The largest absolute Gasteiger partial charge is 0.399 e. The van der Waals surface area contributed by atoms with Gasteiger partial charge in [0.25, 0.3) is 0 Å². The van der Waals surface area contributed by atoms with Crippen molar-refractivity contribution in [1.82, 2.24) is 10.2 Å². The number of nitrogens with two attached hydrogens (primary N) is 2. The van der Waals surface area contributed by atoms with Crippen LogP contribution in [0.5, 0.6) is 0 Å². The van der Waals surface area contributed by atoms with E-state index in [1.165, 1.54) is 18.3 Å². The Morgan fingerprint density at radius 1 is 1.28 bits per heavy atom. The smallest absolute Gasteiger partial charge is 0.240 e. The zero-order valence-corrected chi connectivity index (χ0v) is 10.6. The van der Waals surface area contributed by atoms with Crippen molar-refractivity contribution in [2.75, 3.05) is 5.73 Å². The van der Waals surface area contributed by atoms with Crippen LogP contribution in [0.2, 0.25) is 5.02 Å². The van der Waals surface area contributed by atoms with Gasteiger partial charge in [0.2, 0.25) is 10.0 Å². The van der Waals surface area contributed by atoms with Gasteiger partial charge < -0.3 is 5.73 Å². The van der Waals surface area contributed by atoms with Gasteiger partial charge in [-0.25, -0.2) is 13.6 Å². The molecule has 0 bridgehead atoms. The highest BCUT2D eigenvalue weighted by Gasteiger charge is 2.21. The van der Waals surface area contributed by atoms with Crippen LogP contribution in [0.3, 0.4) is 0 Å². The van der Waals surface area contributed by atoms with E-state index < -0.39 is 10.0 Å². The number of primary sulfonamides is 1. The van der Waals surface area contributed by atoms with Crippen molar-refractivity contribution in [1.29, 1.82) is 0 Å². The van der Waals surface area contributed by atoms with Gasteiger partial charge in [0, 0.05) is 17.4 Å². The Bertz CT molecular complexity index is 689. The molecule has 2 rings (SSSR count). The van der Waals surface area contributed by atoms with Crippen LogP contribution in [0, 0.1) is 0 Å². The summed E-state index contributed by atoms with van der Waals surface area (Å²) in [7, 11) is -3.98. The Morgan fingerprint density at radius 2 is 2.00 bits per heavy atom. The zero-order chi connectivity index (χ0) is 13.3. The van der Waals surface area contributed by atoms with Gasteiger partial charge in [0.15, 0.2) is 0 Å².